The number of halogens is 3. The fourth-order valence-electron chi connectivity index (χ4n) is 2.37. The minimum absolute atomic E-state index is 0.117. The van der Waals surface area contributed by atoms with E-state index in [1.54, 1.807) is 0 Å². The molecule has 2 aromatic carbocycles. The molecule has 10 heteroatoms. The Bertz CT molecular complexity index is 1100. The van der Waals surface area contributed by atoms with E-state index in [0.717, 1.165) is 35.1 Å². The average Bonchev–Trinajstić information content (AvgIpc) is 2.95. The highest BCUT2D eigenvalue weighted by atomic mass is 32.2. The van der Waals surface area contributed by atoms with Gasteiger partial charge in [-0.1, -0.05) is 12.1 Å². The molecule has 0 aliphatic heterocycles. The number of aromatic nitrogens is 1. The summed E-state index contributed by atoms with van der Waals surface area (Å²) in [7, 11) is -3.88. The Morgan fingerprint density at radius 3 is 2.04 bits per heavy atom. The Morgan fingerprint density at radius 1 is 0.962 bits per heavy atom. The summed E-state index contributed by atoms with van der Waals surface area (Å²) in [4.78, 5) is 11.9. The molecule has 0 atom stereocenters. The fourth-order valence-corrected chi connectivity index (χ4v) is 2.88. The Labute approximate surface area is 145 Å². The van der Waals surface area contributed by atoms with E-state index in [2.05, 4.69) is 0 Å². The summed E-state index contributed by atoms with van der Waals surface area (Å²) in [6.07, 6.45) is -3.36. The van der Waals surface area contributed by atoms with Crippen molar-refractivity contribution >= 4 is 10.0 Å². The van der Waals surface area contributed by atoms with E-state index in [4.69, 9.17) is 9.56 Å². The van der Waals surface area contributed by atoms with E-state index in [1.165, 1.54) is 24.3 Å². The average molecular weight is 384 g/mol. The fraction of sp³-hybridized carbons (Fsp3) is 0.0625. The highest BCUT2D eigenvalue weighted by Gasteiger charge is 2.30. The Hall–Kier alpha value is -2.85. The largest absolute Gasteiger partial charge is 0.424 e. The van der Waals surface area contributed by atoms with Crippen molar-refractivity contribution in [3.8, 4) is 16.9 Å². The Morgan fingerprint density at radius 2 is 1.54 bits per heavy atom. The summed E-state index contributed by atoms with van der Waals surface area (Å²) in [6.45, 7) is 0. The second-order valence-electron chi connectivity index (χ2n) is 5.34. The SMILES string of the molecule is NS(=O)(=O)c1ccc(-c2coc(=O)n2-c2ccc(C(F)(F)F)cc2)cc1. The van der Waals surface area contributed by atoms with Gasteiger partial charge in [-0.3, -0.25) is 0 Å². The van der Waals surface area contributed by atoms with Gasteiger partial charge in [-0.15, -0.1) is 0 Å². The number of primary sulfonamides is 1. The van der Waals surface area contributed by atoms with Gasteiger partial charge in [-0.2, -0.15) is 13.2 Å². The third kappa shape index (κ3) is 3.41. The molecule has 0 radical (unpaired) electrons. The van der Waals surface area contributed by atoms with E-state index < -0.39 is 27.5 Å². The summed E-state index contributed by atoms with van der Waals surface area (Å²) < 4.78 is 66.5. The van der Waals surface area contributed by atoms with Crippen LogP contribution in [-0.2, 0) is 16.2 Å². The normalized spacial score (nSPS) is 12.3. The molecule has 26 heavy (non-hydrogen) atoms. The van der Waals surface area contributed by atoms with Crippen molar-refractivity contribution in [1.29, 1.82) is 0 Å². The molecule has 0 aliphatic rings. The second kappa shape index (κ2) is 6.15. The maximum atomic E-state index is 12.7. The first-order valence-corrected chi connectivity index (χ1v) is 8.63. The van der Waals surface area contributed by atoms with E-state index in [1.807, 2.05) is 0 Å². The predicted octanol–water partition coefficient (Wildman–Crippen LogP) is 2.76. The van der Waals surface area contributed by atoms with Gasteiger partial charge in [-0.25, -0.2) is 22.9 Å². The first-order chi connectivity index (χ1) is 12.1. The number of nitrogens with two attached hydrogens (primary N) is 1. The molecule has 0 fully saturated rings. The summed E-state index contributed by atoms with van der Waals surface area (Å²) in [5.74, 6) is -0.796. The summed E-state index contributed by atoms with van der Waals surface area (Å²) in [5, 5.41) is 5.03. The quantitative estimate of drug-likeness (QED) is 0.751. The van der Waals surface area contributed by atoms with E-state index >= 15 is 0 Å². The van der Waals surface area contributed by atoms with Crippen molar-refractivity contribution < 1.29 is 26.0 Å². The first-order valence-electron chi connectivity index (χ1n) is 7.09. The topological polar surface area (TPSA) is 95.3 Å². The molecule has 2 N–H and O–H groups in total. The van der Waals surface area contributed by atoms with Crippen LogP contribution in [0.15, 0.2) is 68.9 Å². The van der Waals surface area contributed by atoms with Crippen LogP contribution < -0.4 is 10.9 Å². The number of alkyl halides is 3. The van der Waals surface area contributed by atoms with Crippen LogP contribution >= 0.6 is 0 Å². The number of nitrogens with zero attached hydrogens (tertiary/aromatic N) is 1. The lowest BCUT2D eigenvalue weighted by Gasteiger charge is -2.09. The summed E-state index contributed by atoms with van der Waals surface area (Å²) in [6, 6.07) is 9.29. The van der Waals surface area contributed by atoms with Crippen LogP contribution in [0.2, 0.25) is 0 Å². The number of benzene rings is 2. The van der Waals surface area contributed by atoms with Crippen LogP contribution in [0.1, 0.15) is 5.56 Å². The molecule has 0 amide bonds. The van der Waals surface area contributed by atoms with Crippen molar-refractivity contribution in [3.63, 3.8) is 0 Å². The Balaban J connectivity index is 2.06. The lowest BCUT2D eigenvalue weighted by Crippen LogP contribution is -2.14. The number of oxazole rings is 1. The van der Waals surface area contributed by atoms with Crippen LogP contribution in [-0.4, -0.2) is 13.0 Å². The lowest BCUT2D eigenvalue weighted by molar-refractivity contribution is -0.137. The molecule has 1 heterocycles. The standard InChI is InChI=1S/C16H11F3N2O4S/c17-16(18,19)11-3-5-12(6-4-11)21-14(9-25-15(21)22)10-1-7-13(8-2-10)26(20,23)24/h1-9H,(H2,20,23,24). The Kier molecular flexibility index (Phi) is 4.24. The molecular weight excluding hydrogens is 373 g/mol. The highest BCUT2D eigenvalue weighted by molar-refractivity contribution is 7.89. The van der Waals surface area contributed by atoms with Crippen LogP contribution in [0.25, 0.3) is 16.9 Å². The molecule has 0 aliphatic carbocycles. The first kappa shape index (κ1) is 18.0. The van der Waals surface area contributed by atoms with Crippen LogP contribution in [0.3, 0.4) is 0 Å². The van der Waals surface area contributed by atoms with Gasteiger partial charge in [0.2, 0.25) is 10.0 Å². The van der Waals surface area contributed by atoms with Crippen molar-refractivity contribution in [2.45, 2.75) is 11.1 Å². The van der Waals surface area contributed by atoms with Crippen LogP contribution in [0, 0.1) is 0 Å². The number of rotatable bonds is 3. The van der Waals surface area contributed by atoms with Crippen LogP contribution in [0.4, 0.5) is 13.2 Å². The van der Waals surface area contributed by atoms with Crippen molar-refractivity contribution in [1.82, 2.24) is 4.57 Å². The molecule has 0 bridgehead atoms. The van der Waals surface area contributed by atoms with Gasteiger partial charge in [-0.05, 0) is 36.4 Å². The molecule has 0 unspecified atom stereocenters. The van der Waals surface area contributed by atoms with Gasteiger partial charge >= 0.3 is 11.9 Å². The second-order valence-corrected chi connectivity index (χ2v) is 6.90. The van der Waals surface area contributed by atoms with Gasteiger partial charge in [0.1, 0.15) is 6.26 Å². The maximum Gasteiger partial charge on any atom is 0.424 e. The molecule has 0 saturated carbocycles. The number of sulfonamides is 1. The zero-order chi connectivity index (χ0) is 19.1. The number of hydrogen-bond acceptors (Lipinski definition) is 4. The molecule has 0 saturated heterocycles. The summed E-state index contributed by atoms with van der Waals surface area (Å²) in [5.41, 5.74) is -0.0157. The molecule has 6 nitrogen and oxygen atoms in total. The molecule has 0 spiro atoms. The number of hydrogen-bond donors (Lipinski definition) is 1. The zero-order valence-corrected chi connectivity index (χ0v) is 13.7. The molecule has 136 valence electrons. The molecule has 3 aromatic rings. The minimum atomic E-state index is -4.49. The highest BCUT2D eigenvalue weighted by Crippen LogP contribution is 2.30. The summed E-state index contributed by atoms with van der Waals surface area (Å²) >= 11 is 0. The maximum absolute atomic E-state index is 12.7. The van der Waals surface area contributed by atoms with E-state index in [9.17, 15) is 26.4 Å². The molecule has 1 aromatic heterocycles. The van der Waals surface area contributed by atoms with Crippen LogP contribution in [0.5, 0.6) is 0 Å². The van der Waals surface area contributed by atoms with Gasteiger partial charge in [0, 0.05) is 5.56 Å². The van der Waals surface area contributed by atoms with Crippen molar-refractivity contribution in [2.75, 3.05) is 0 Å². The minimum Gasteiger partial charge on any atom is -0.415 e. The smallest absolute Gasteiger partial charge is 0.415 e. The van der Waals surface area contributed by atoms with Crippen molar-refractivity contribution in [2.24, 2.45) is 5.14 Å². The van der Waals surface area contributed by atoms with Gasteiger partial charge in [0.05, 0.1) is 21.8 Å². The zero-order valence-electron chi connectivity index (χ0n) is 12.9. The van der Waals surface area contributed by atoms with Gasteiger partial charge < -0.3 is 4.42 Å². The lowest BCUT2D eigenvalue weighted by atomic mass is 10.1. The monoisotopic (exact) mass is 384 g/mol. The van der Waals surface area contributed by atoms with Crippen molar-refractivity contribution in [3.05, 3.63) is 70.9 Å². The van der Waals surface area contributed by atoms with Gasteiger partial charge in [0.25, 0.3) is 0 Å². The van der Waals surface area contributed by atoms with E-state index in [0.29, 0.717) is 5.56 Å². The molecule has 3 rings (SSSR count). The molecular formula is C16H11F3N2O4S. The third-order valence-corrected chi connectivity index (χ3v) is 4.56. The predicted molar refractivity (Wildman–Crippen MR) is 86.1 cm³/mol. The van der Waals surface area contributed by atoms with E-state index in [-0.39, 0.29) is 16.3 Å². The van der Waals surface area contributed by atoms with Gasteiger partial charge in [0.15, 0.2) is 0 Å². The third-order valence-electron chi connectivity index (χ3n) is 3.63.